The molecule has 4 nitrogen and oxygen atoms in total. The van der Waals surface area contributed by atoms with Gasteiger partial charge in [-0.25, -0.2) is 0 Å². The van der Waals surface area contributed by atoms with Gasteiger partial charge in [0, 0.05) is 12.0 Å². The molecule has 0 aliphatic carbocycles. The molecule has 4 heteroatoms. The highest BCUT2D eigenvalue weighted by Gasteiger charge is 2.22. The second kappa shape index (κ2) is 4.98. The molecule has 18 heavy (non-hydrogen) atoms. The van der Waals surface area contributed by atoms with Crippen LogP contribution in [0.25, 0.3) is 0 Å². The summed E-state index contributed by atoms with van der Waals surface area (Å²) in [7, 11) is 0. The molecule has 0 amide bonds. The largest absolute Gasteiger partial charge is 0.489 e. The number of hydrogen-bond donors (Lipinski definition) is 1. The first-order chi connectivity index (χ1) is 8.51. The summed E-state index contributed by atoms with van der Waals surface area (Å²) in [5.74, 6) is 1.24. The van der Waals surface area contributed by atoms with Gasteiger partial charge in [-0.2, -0.15) is 0 Å². The second-order valence-electron chi connectivity index (χ2n) is 5.31. The highest BCUT2D eigenvalue weighted by molar-refractivity contribution is 5.82. The zero-order valence-corrected chi connectivity index (χ0v) is 10.9. The van der Waals surface area contributed by atoms with Crippen LogP contribution < -0.4 is 15.2 Å². The fraction of sp³-hybridized carbons (Fsp3) is 0.500. The quantitative estimate of drug-likeness (QED) is 0.832. The van der Waals surface area contributed by atoms with Gasteiger partial charge in [0.25, 0.3) is 0 Å². The van der Waals surface area contributed by atoms with Crippen molar-refractivity contribution in [2.45, 2.75) is 32.2 Å². The van der Waals surface area contributed by atoms with Crippen molar-refractivity contribution in [3.05, 3.63) is 23.3 Å². The summed E-state index contributed by atoms with van der Waals surface area (Å²) in [6.07, 6.45) is 2.29. The van der Waals surface area contributed by atoms with Crippen molar-refractivity contribution >= 4 is 6.29 Å². The first-order valence-corrected chi connectivity index (χ1v) is 6.17. The number of carbonyl (C=O) groups is 1. The number of benzene rings is 1. The Hall–Kier alpha value is -1.55. The molecule has 2 rings (SSSR count). The Morgan fingerprint density at radius 2 is 1.94 bits per heavy atom. The Labute approximate surface area is 107 Å². The fourth-order valence-corrected chi connectivity index (χ4v) is 2.06. The lowest BCUT2D eigenvalue weighted by molar-refractivity contribution is 0.111. The van der Waals surface area contributed by atoms with Crippen LogP contribution in [0, 0.1) is 0 Å². The van der Waals surface area contributed by atoms with E-state index < -0.39 is 0 Å². The van der Waals surface area contributed by atoms with Crippen LogP contribution in [-0.4, -0.2) is 25.0 Å². The lowest BCUT2D eigenvalue weighted by Gasteiger charge is -2.21. The molecule has 0 unspecified atom stereocenters. The molecule has 0 saturated carbocycles. The molecule has 1 heterocycles. The molecular formula is C14H19NO3. The first kappa shape index (κ1) is 12.9. The maximum Gasteiger partial charge on any atom is 0.171 e. The monoisotopic (exact) mass is 249 g/mol. The zero-order chi connectivity index (χ0) is 13.2. The third-order valence-electron chi connectivity index (χ3n) is 2.78. The van der Waals surface area contributed by atoms with E-state index in [4.69, 9.17) is 15.2 Å². The highest BCUT2D eigenvalue weighted by atomic mass is 16.5. The third kappa shape index (κ3) is 2.82. The molecule has 98 valence electrons. The SMILES string of the molecule is CC(C)(N)Cc1ccc(C=O)c2c1OCCCO2. The van der Waals surface area contributed by atoms with Gasteiger partial charge in [-0.3, -0.25) is 4.79 Å². The van der Waals surface area contributed by atoms with Gasteiger partial charge in [-0.15, -0.1) is 0 Å². The first-order valence-electron chi connectivity index (χ1n) is 6.17. The molecule has 0 bridgehead atoms. The van der Waals surface area contributed by atoms with Crippen molar-refractivity contribution in [3.8, 4) is 11.5 Å². The van der Waals surface area contributed by atoms with Crippen LogP contribution in [0.1, 0.15) is 36.2 Å². The van der Waals surface area contributed by atoms with Crippen LogP contribution in [0.2, 0.25) is 0 Å². The maximum atomic E-state index is 11.0. The minimum atomic E-state index is -0.327. The van der Waals surface area contributed by atoms with Crippen molar-refractivity contribution in [2.24, 2.45) is 5.73 Å². The molecular weight excluding hydrogens is 230 g/mol. The standard InChI is InChI=1S/C14H19NO3/c1-14(2,15)8-10-4-5-11(9-16)13-12(10)17-6-3-7-18-13/h4-5,9H,3,6-8,15H2,1-2H3. The van der Waals surface area contributed by atoms with Gasteiger partial charge >= 0.3 is 0 Å². The molecule has 0 aromatic heterocycles. The predicted octanol–water partition coefficient (Wildman–Crippen LogP) is 1.94. The summed E-state index contributed by atoms with van der Waals surface area (Å²) in [5, 5.41) is 0. The molecule has 1 aromatic carbocycles. The van der Waals surface area contributed by atoms with Crippen molar-refractivity contribution in [1.82, 2.24) is 0 Å². The van der Waals surface area contributed by atoms with E-state index in [1.165, 1.54) is 0 Å². The topological polar surface area (TPSA) is 61.6 Å². The third-order valence-corrected chi connectivity index (χ3v) is 2.78. The number of hydrogen-bond acceptors (Lipinski definition) is 4. The van der Waals surface area contributed by atoms with E-state index in [1.54, 1.807) is 6.07 Å². The summed E-state index contributed by atoms with van der Waals surface area (Å²) < 4.78 is 11.4. The van der Waals surface area contributed by atoms with Crippen molar-refractivity contribution in [3.63, 3.8) is 0 Å². The number of rotatable bonds is 3. The summed E-state index contributed by atoms with van der Waals surface area (Å²) in [6, 6.07) is 3.66. The normalized spacial score (nSPS) is 15.1. The summed E-state index contributed by atoms with van der Waals surface area (Å²) in [5.41, 5.74) is 7.24. The lowest BCUT2D eigenvalue weighted by Crippen LogP contribution is -2.34. The Morgan fingerprint density at radius 3 is 2.56 bits per heavy atom. The zero-order valence-electron chi connectivity index (χ0n) is 10.9. The number of nitrogens with two attached hydrogens (primary N) is 1. The fourth-order valence-electron chi connectivity index (χ4n) is 2.06. The summed E-state index contributed by atoms with van der Waals surface area (Å²) >= 11 is 0. The van der Waals surface area contributed by atoms with Crippen molar-refractivity contribution < 1.29 is 14.3 Å². The smallest absolute Gasteiger partial charge is 0.171 e. The van der Waals surface area contributed by atoms with Crippen LogP contribution >= 0.6 is 0 Å². The predicted molar refractivity (Wildman–Crippen MR) is 69.4 cm³/mol. The van der Waals surface area contributed by atoms with E-state index in [0.29, 0.717) is 36.7 Å². The van der Waals surface area contributed by atoms with Gasteiger partial charge in [0.2, 0.25) is 0 Å². The molecule has 1 aliphatic heterocycles. The second-order valence-corrected chi connectivity index (χ2v) is 5.31. The number of fused-ring (bicyclic) bond motifs is 1. The molecule has 0 spiro atoms. The van der Waals surface area contributed by atoms with Crippen LogP contribution in [0.4, 0.5) is 0 Å². The molecule has 0 atom stereocenters. The Morgan fingerprint density at radius 1 is 1.28 bits per heavy atom. The van der Waals surface area contributed by atoms with E-state index in [-0.39, 0.29) is 5.54 Å². The van der Waals surface area contributed by atoms with Crippen LogP contribution in [-0.2, 0) is 6.42 Å². The lowest BCUT2D eigenvalue weighted by atomic mass is 9.94. The highest BCUT2D eigenvalue weighted by Crippen LogP contribution is 2.37. The Bertz CT molecular complexity index is 449. The molecule has 2 N–H and O–H groups in total. The van der Waals surface area contributed by atoms with E-state index in [2.05, 4.69) is 0 Å². The van der Waals surface area contributed by atoms with E-state index in [1.807, 2.05) is 19.9 Å². The van der Waals surface area contributed by atoms with Gasteiger partial charge < -0.3 is 15.2 Å². The Kier molecular flexibility index (Phi) is 3.57. The van der Waals surface area contributed by atoms with Crippen LogP contribution in [0.5, 0.6) is 11.5 Å². The van der Waals surface area contributed by atoms with E-state index >= 15 is 0 Å². The number of aldehydes is 1. The van der Waals surface area contributed by atoms with Crippen LogP contribution in [0.3, 0.4) is 0 Å². The van der Waals surface area contributed by atoms with Crippen molar-refractivity contribution in [2.75, 3.05) is 13.2 Å². The molecule has 1 aromatic rings. The van der Waals surface area contributed by atoms with E-state index in [9.17, 15) is 4.79 Å². The number of carbonyl (C=O) groups excluding carboxylic acids is 1. The summed E-state index contributed by atoms with van der Waals surface area (Å²) in [6.45, 7) is 5.10. The minimum Gasteiger partial charge on any atom is -0.489 e. The van der Waals surface area contributed by atoms with Crippen LogP contribution in [0.15, 0.2) is 12.1 Å². The minimum absolute atomic E-state index is 0.327. The number of ether oxygens (including phenoxy) is 2. The Balaban J connectivity index is 2.45. The molecule has 0 radical (unpaired) electrons. The van der Waals surface area contributed by atoms with Crippen molar-refractivity contribution in [1.29, 1.82) is 0 Å². The summed E-state index contributed by atoms with van der Waals surface area (Å²) in [4.78, 5) is 11.0. The average Bonchev–Trinajstić information content (AvgIpc) is 2.53. The molecule has 0 fully saturated rings. The van der Waals surface area contributed by atoms with Gasteiger partial charge in [0.15, 0.2) is 17.8 Å². The van der Waals surface area contributed by atoms with E-state index in [0.717, 1.165) is 18.3 Å². The van der Waals surface area contributed by atoms with Gasteiger partial charge in [0.05, 0.1) is 18.8 Å². The van der Waals surface area contributed by atoms with Gasteiger partial charge in [0.1, 0.15) is 0 Å². The average molecular weight is 249 g/mol. The van der Waals surface area contributed by atoms with Gasteiger partial charge in [-0.05, 0) is 31.9 Å². The molecule has 0 saturated heterocycles. The van der Waals surface area contributed by atoms with Gasteiger partial charge in [-0.1, -0.05) is 6.07 Å². The maximum absolute atomic E-state index is 11.0. The molecule has 1 aliphatic rings.